The van der Waals surface area contributed by atoms with Crippen molar-refractivity contribution >= 4 is 18.3 Å². The third-order valence-electron chi connectivity index (χ3n) is 4.69. The molecular formula is C16H23ClN2O3. The van der Waals surface area contributed by atoms with Crippen molar-refractivity contribution in [2.75, 3.05) is 26.8 Å². The molecule has 0 bridgehead atoms. The van der Waals surface area contributed by atoms with E-state index in [1.54, 1.807) is 13.2 Å². The van der Waals surface area contributed by atoms with Gasteiger partial charge >= 0.3 is 0 Å². The fourth-order valence-electron chi connectivity index (χ4n) is 3.48. The largest absolute Gasteiger partial charge is 0.493 e. The highest BCUT2D eigenvalue weighted by atomic mass is 35.5. The Balaban J connectivity index is 0.00000176. The second kappa shape index (κ2) is 7.20. The molecule has 0 radical (unpaired) electrons. The number of carbonyl (C=O) groups is 1. The lowest BCUT2D eigenvalue weighted by Crippen LogP contribution is -2.36. The molecule has 0 aromatic heterocycles. The molecule has 1 saturated heterocycles. The number of nitrogens with zero attached hydrogens (tertiary/aromatic N) is 1. The standard InChI is InChI=1S/C16H22N2O3.ClH/c1-20-14-4-2-3-5-15(14)21-10-16(19)18-8-11-6-7-13(17)12(11)9-18;/h2-5,11-13H,6-10,17H2,1H3;1H. The molecule has 2 fully saturated rings. The van der Waals surface area contributed by atoms with Gasteiger partial charge in [-0.15, -0.1) is 12.4 Å². The number of para-hydroxylation sites is 2. The summed E-state index contributed by atoms with van der Waals surface area (Å²) in [5, 5.41) is 0. The maximum absolute atomic E-state index is 12.3. The van der Waals surface area contributed by atoms with Crippen molar-refractivity contribution in [3.63, 3.8) is 0 Å². The second-order valence-corrected chi connectivity index (χ2v) is 5.90. The highest BCUT2D eigenvalue weighted by Gasteiger charge is 2.42. The van der Waals surface area contributed by atoms with Crippen molar-refractivity contribution in [3.05, 3.63) is 24.3 Å². The van der Waals surface area contributed by atoms with Crippen LogP contribution in [0, 0.1) is 11.8 Å². The molecule has 0 spiro atoms. The molecule has 22 heavy (non-hydrogen) atoms. The van der Waals surface area contributed by atoms with Crippen LogP contribution in [0.2, 0.25) is 0 Å². The highest BCUT2D eigenvalue weighted by molar-refractivity contribution is 5.85. The van der Waals surface area contributed by atoms with Gasteiger partial charge in [0, 0.05) is 19.1 Å². The van der Waals surface area contributed by atoms with Crippen LogP contribution in [0.4, 0.5) is 0 Å². The summed E-state index contributed by atoms with van der Waals surface area (Å²) in [4.78, 5) is 14.2. The van der Waals surface area contributed by atoms with E-state index in [2.05, 4.69) is 0 Å². The number of methoxy groups -OCH3 is 1. The smallest absolute Gasteiger partial charge is 0.260 e. The Kier molecular flexibility index (Phi) is 5.53. The van der Waals surface area contributed by atoms with Crippen LogP contribution >= 0.6 is 12.4 Å². The van der Waals surface area contributed by atoms with Gasteiger partial charge in [-0.3, -0.25) is 4.79 Å². The summed E-state index contributed by atoms with van der Waals surface area (Å²) in [7, 11) is 1.59. The molecule has 1 heterocycles. The number of amides is 1. The zero-order chi connectivity index (χ0) is 14.8. The second-order valence-electron chi connectivity index (χ2n) is 5.90. The number of hydrogen-bond acceptors (Lipinski definition) is 4. The zero-order valence-electron chi connectivity index (χ0n) is 12.7. The first-order valence-corrected chi connectivity index (χ1v) is 7.48. The molecule has 1 aromatic carbocycles. The van der Waals surface area contributed by atoms with E-state index < -0.39 is 0 Å². The lowest BCUT2D eigenvalue weighted by Gasteiger charge is -2.19. The molecule has 1 amide bonds. The molecule has 3 unspecified atom stereocenters. The topological polar surface area (TPSA) is 64.8 Å². The SMILES string of the molecule is COc1ccccc1OCC(=O)N1CC2CCC(N)C2C1.Cl. The molecule has 1 aromatic rings. The Bertz CT molecular complexity index is 526. The first-order chi connectivity index (χ1) is 10.2. The number of fused-ring (bicyclic) bond motifs is 1. The van der Waals surface area contributed by atoms with Gasteiger partial charge in [0.25, 0.3) is 5.91 Å². The van der Waals surface area contributed by atoms with Crippen molar-refractivity contribution in [2.24, 2.45) is 17.6 Å². The maximum atomic E-state index is 12.3. The first kappa shape index (κ1) is 16.9. The van der Waals surface area contributed by atoms with Gasteiger partial charge < -0.3 is 20.1 Å². The summed E-state index contributed by atoms with van der Waals surface area (Å²) in [5.41, 5.74) is 6.10. The first-order valence-electron chi connectivity index (χ1n) is 7.48. The van der Waals surface area contributed by atoms with E-state index in [0.29, 0.717) is 23.3 Å². The molecule has 1 saturated carbocycles. The van der Waals surface area contributed by atoms with E-state index in [4.69, 9.17) is 15.2 Å². The summed E-state index contributed by atoms with van der Waals surface area (Å²) in [5.74, 6) is 2.33. The zero-order valence-corrected chi connectivity index (χ0v) is 13.6. The third kappa shape index (κ3) is 3.31. The molecule has 2 N–H and O–H groups in total. The lowest BCUT2D eigenvalue weighted by atomic mass is 9.98. The Morgan fingerprint density at radius 1 is 1.27 bits per heavy atom. The van der Waals surface area contributed by atoms with Gasteiger partial charge in [-0.2, -0.15) is 0 Å². The van der Waals surface area contributed by atoms with Gasteiger partial charge in [-0.1, -0.05) is 12.1 Å². The Morgan fingerprint density at radius 3 is 2.68 bits per heavy atom. The van der Waals surface area contributed by atoms with E-state index in [1.165, 1.54) is 0 Å². The third-order valence-corrected chi connectivity index (χ3v) is 4.69. The summed E-state index contributed by atoms with van der Waals surface area (Å²) >= 11 is 0. The number of likely N-dealkylation sites (tertiary alicyclic amines) is 1. The van der Waals surface area contributed by atoms with E-state index >= 15 is 0 Å². The summed E-state index contributed by atoms with van der Waals surface area (Å²) < 4.78 is 10.8. The van der Waals surface area contributed by atoms with Crippen LogP contribution in [0.1, 0.15) is 12.8 Å². The van der Waals surface area contributed by atoms with E-state index in [-0.39, 0.29) is 31.0 Å². The van der Waals surface area contributed by atoms with Crippen LogP contribution in [0.25, 0.3) is 0 Å². The Labute approximate surface area is 137 Å². The predicted molar refractivity (Wildman–Crippen MR) is 86.5 cm³/mol. The predicted octanol–water partition coefficient (Wildman–Crippen LogP) is 1.69. The minimum atomic E-state index is 0. The Hall–Kier alpha value is -1.46. The van der Waals surface area contributed by atoms with Gasteiger partial charge in [0.05, 0.1) is 7.11 Å². The molecule has 1 aliphatic heterocycles. The molecule has 3 atom stereocenters. The van der Waals surface area contributed by atoms with Crippen molar-refractivity contribution < 1.29 is 14.3 Å². The normalized spacial score (nSPS) is 26.3. The Morgan fingerprint density at radius 2 is 2.00 bits per heavy atom. The minimum absolute atomic E-state index is 0. The minimum Gasteiger partial charge on any atom is -0.493 e. The molecule has 3 rings (SSSR count). The summed E-state index contributed by atoms with van der Waals surface area (Å²) in [6.07, 6.45) is 2.23. The number of hydrogen-bond donors (Lipinski definition) is 1. The molecule has 122 valence electrons. The number of halogens is 1. The van der Waals surface area contributed by atoms with Gasteiger partial charge in [-0.25, -0.2) is 0 Å². The van der Waals surface area contributed by atoms with Gasteiger partial charge in [-0.05, 0) is 36.8 Å². The average Bonchev–Trinajstić information content (AvgIpc) is 3.07. The van der Waals surface area contributed by atoms with Gasteiger partial charge in [0.1, 0.15) is 0 Å². The average molecular weight is 327 g/mol. The molecule has 5 nitrogen and oxygen atoms in total. The number of rotatable bonds is 4. The summed E-state index contributed by atoms with van der Waals surface area (Å²) in [6.45, 7) is 1.65. The van der Waals surface area contributed by atoms with E-state index in [1.807, 2.05) is 23.1 Å². The number of benzene rings is 1. The fourth-order valence-corrected chi connectivity index (χ4v) is 3.48. The molecular weight excluding hydrogens is 304 g/mol. The fraction of sp³-hybridized carbons (Fsp3) is 0.562. The molecule has 2 aliphatic rings. The van der Waals surface area contributed by atoms with Crippen LogP contribution in [0.15, 0.2) is 24.3 Å². The van der Waals surface area contributed by atoms with Gasteiger partial charge in [0.15, 0.2) is 18.1 Å². The number of ether oxygens (including phenoxy) is 2. The van der Waals surface area contributed by atoms with Crippen molar-refractivity contribution in [2.45, 2.75) is 18.9 Å². The van der Waals surface area contributed by atoms with Crippen molar-refractivity contribution in [1.82, 2.24) is 4.90 Å². The van der Waals surface area contributed by atoms with Crippen LogP contribution < -0.4 is 15.2 Å². The molecule has 1 aliphatic carbocycles. The monoisotopic (exact) mass is 326 g/mol. The van der Waals surface area contributed by atoms with Gasteiger partial charge in [0.2, 0.25) is 0 Å². The lowest BCUT2D eigenvalue weighted by molar-refractivity contribution is -0.132. The quantitative estimate of drug-likeness (QED) is 0.914. The molecule has 6 heteroatoms. The maximum Gasteiger partial charge on any atom is 0.260 e. The highest BCUT2D eigenvalue weighted by Crippen LogP contribution is 2.37. The van der Waals surface area contributed by atoms with Crippen LogP contribution in [0.5, 0.6) is 11.5 Å². The number of nitrogens with two attached hydrogens (primary N) is 1. The number of carbonyl (C=O) groups excluding carboxylic acids is 1. The van der Waals surface area contributed by atoms with E-state index in [9.17, 15) is 4.79 Å². The van der Waals surface area contributed by atoms with Crippen LogP contribution in [0.3, 0.4) is 0 Å². The van der Waals surface area contributed by atoms with Crippen molar-refractivity contribution in [1.29, 1.82) is 0 Å². The van der Waals surface area contributed by atoms with E-state index in [0.717, 1.165) is 25.9 Å². The van der Waals surface area contributed by atoms with Crippen LogP contribution in [-0.4, -0.2) is 43.7 Å². The van der Waals surface area contributed by atoms with Crippen molar-refractivity contribution in [3.8, 4) is 11.5 Å². The summed E-state index contributed by atoms with van der Waals surface area (Å²) in [6, 6.07) is 7.61. The van der Waals surface area contributed by atoms with Crippen LogP contribution in [-0.2, 0) is 4.79 Å².